The van der Waals surface area contributed by atoms with Crippen molar-refractivity contribution in [2.24, 2.45) is 5.41 Å². The molecule has 0 bridgehead atoms. The van der Waals surface area contributed by atoms with E-state index in [1.807, 2.05) is 6.92 Å². The largest absolute Gasteiger partial charge is 0.389 e. The third-order valence-corrected chi connectivity index (χ3v) is 7.20. The first-order valence-corrected chi connectivity index (χ1v) is 10.5. The maximum atomic E-state index is 14.1. The predicted molar refractivity (Wildman–Crippen MR) is 112 cm³/mol. The van der Waals surface area contributed by atoms with Gasteiger partial charge in [0.15, 0.2) is 11.6 Å². The highest BCUT2D eigenvalue weighted by molar-refractivity contribution is 5.62. The van der Waals surface area contributed by atoms with Crippen molar-refractivity contribution in [3.63, 3.8) is 0 Å². The van der Waals surface area contributed by atoms with Crippen LogP contribution in [0, 0.1) is 22.9 Å². The van der Waals surface area contributed by atoms with E-state index in [4.69, 9.17) is 0 Å². The van der Waals surface area contributed by atoms with Gasteiger partial charge in [0.25, 0.3) is 0 Å². The first-order valence-electron chi connectivity index (χ1n) is 10.5. The van der Waals surface area contributed by atoms with Gasteiger partial charge in [-0.25, -0.2) is 17.9 Å². The van der Waals surface area contributed by atoms with Crippen molar-refractivity contribution in [1.82, 2.24) is 9.78 Å². The summed E-state index contributed by atoms with van der Waals surface area (Å²) in [6.07, 6.45) is 6.40. The summed E-state index contributed by atoms with van der Waals surface area (Å²) < 4.78 is 42.8. The van der Waals surface area contributed by atoms with E-state index in [2.05, 4.69) is 11.2 Å². The molecule has 1 saturated carbocycles. The monoisotopic (exact) mass is 424 g/mol. The lowest BCUT2D eigenvalue weighted by Gasteiger charge is -2.42. The standard InChI is InChI=1S/C25H23F3N2O/c1-24-14-17-15-29-30(20-7-5-19(26)6-8-20)22(17)13-18(24)10-12-25(24,31)11-9-16-3-2-4-21(27)23(16)28/h2-8,13,15,31H,9-12,14H2,1H3/t24-,25-/m0/s1. The van der Waals surface area contributed by atoms with Gasteiger partial charge in [-0.3, -0.25) is 0 Å². The molecule has 2 aromatic carbocycles. The molecule has 160 valence electrons. The molecule has 31 heavy (non-hydrogen) atoms. The van der Waals surface area contributed by atoms with E-state index in [1.54, 1.807) is 29.1 Å². The molecule has 1 aromatic heterocycles. The summed E-state index contributed by atoms with van der Waals surface area (Å²) in [5, 5.41) is 16.1. The smallest absolute Gasteiger partial charge is 0.162 e. The van der Waals surface area contributed by atoms with Crippen LogP contribution in [0.5, 0.6) is 0 Å². The predicted octanol–water partition coefficient (Wildman–Crippen LogP) is 5.39. The van der Waals surface area contributed by atoms with Gasteiger partial charge < -0.3 is 5.11 Å². The first-order chi connectivity index (χ1) is 14.8. The van der Waals surface area contributed by atoms with Gasteiger partial charge in [-0.1, -0.05) is 24.6 Å². The summed E-state index contributed by atoms with van der Waals surface area (Å²) >= 11 is 0. The van der Waals surface area contributed by atoms with Crippen molar-refractivity contribution in [1.29, 1.82) is 0 Å². The molecule has 0 amide bonds. The normalized spacial score (nSPS) is 24.6. The Morgan fingerprint density at radius 1 is 1.10 bits per heavy atom. The molecule has 3 aromatic rings. The van der Waals surface area contributed by atoms with Crippen LogP contribution in [0.25, 0.3) is 11.8 Å². The molecule has 0 unspecified atom stereocenters. The van der Waals surface area contributed by atoms with Crippen LogP contribution in [-0.2, 0) is 12.8 Å². The van der Waals surface area contributed by atoms with Crippen molar-refractivity contribution in [2.45, 2.75) is 44.6 Å². The molecule has 3 nitrogen and oxygen atoms in total. The minimum Gasteiger partial charge on any atom is -0.389 e. The number of aryl methyl sites for hydroxylation is 1. The number of fused-ring (bicyclic) bond motifs is 2. The fourth-order valence-corrected chi connectivity index (χ4v) is 5.20. The second kappa shape index (κ2) is 7.09. The molecule has 2 atom stereocenters. The highest BCUT2D eigenvalue weighted by atomic mass is 19.2. The van der Waals surface area contributed by atoms with Gasteiger partial charge in [-0.2, -0.15) is 5.10 Å². The molecule has 1 fully saturated rings. The van der Waals surface area contributed by atoms with Gasteiger partial charge in [-0.05, 0) is 79.6 Å². The zero-order chi connectivity index (χ0) is 21.8. The third-order valence-electron chi connectivity index (χ3n) is 7.20. The van der Waals surface area contributed by atoms with Crippen molar-refractivity contribution in [3.8, 4) is 5.69 Å². The molecule has 2 aliphatic carbocycles. The van der Waals surface area contributed by atoms with E-state index in [9.17, 15) is 18.3 Å². The number of benzene rings is 2. The fraction of sp³-hybridized carbons (Fsp3) is 0.320. The van der Waals surface area contributed by atoms with Crippen LogP contribution in [0.1, 0.15) is 43.0 Å². The molecule has 2 aliphatic rings. The highest BCUT2D eigenvalue weighted by Gasteiger charge is 2.54. The summed E-state index contributed by atoms with van der Waals surface area (Å²) in [5.74, 6) is -2.00. The Bertz CT molecular complexity index is 1180. The van der Waals surface area contributed by atoms with Crippen molar-refractivity contribution < 1.29 is 18.3 Å². The molecule has 5 rings (SSSR count). The second-order valence-corrected chi connectivity index (χ2v) is 8.87. The number of hydrogen-bond donors (Lipinski definition) is 1. The lowest BCUT2D eigenvalue weighted by molar-refractivity contribution is -0.0463. The second-order valence-electron chi connectivity index (χ2n) is 8.87. The molecular formula is C25H23F3N2O. The lowest BCUT2D eigenvalue weighted by Crippen LogP contribution is -2.45. The Morgan fingerprint density at radius 2 is 1.87 bits per heavy atom. The quantitative estimate of drug-likeness (QED) is 0.610. The summed E-state index contributed by atoms with van der Waals surface area (Å²) in [6, 6.07) is 10.4. The minimum atomic E-state index is -1.02. The van der Waals surface area contributed by atoms with Crippen LogP contribution in [0.2, 0.25) is 0 Å². The molecular weight excluding hydrogens is 401 g/mol. The summed E-state index contributed by atoms with van der Waals surface area (Å²) in [7, 11) is 0. The van der Waals surface area contributed by atoms with Crippen LogP contribution >= 0.6 is 0 Å². The van der Waals surface area contributed by atoms with Gasteiger partial charge in [0, 0.05) is 5.41 Å². The van der Waals surface area contributed by atoms with E-state index in [0.29, 0.717) is 19.3 Å². The average molecular weight is 424 g/mol. The topological polar surface area (TPSA) is 38.0 Å². The van der Waals surface area contributed by atoms with Crippen LogP contribution < -0.4 is 0 Å². The van der Waals surface area contributed by atoms with Gasteiger partial charge in [-0.15, -0.1) is 0 Å². The van der Waals surface area contributed by atoms with Crippen molar-refractivity contribution in [3.05, 3.63) is 88.5 Å². The molecule has 0 saturated heterocycles. The fourth-order valence-electron chi connectivity index (χ4n) is 5.20. The first kappa shape index (κ1) is 20.1. The minimum absolute atomic E-state index is 0.269. The Morgan fingerprint density at radius 3 is 2.65 bits per heavy atom. The van der Waals surface area contributed by atoms with E-state index in [1.165, 1.54) is 18.2 Å². The zero-order valence-corrected chi connectivity index (χ0v) is 17.2. The summed E-state index contributed by atoms with van der Waals surface area (Å²) in [5.41, 5.74) is 2.62. The Hall–Kier alpha value is -2.86. The molecule has 1 N–H and O–H groups in total. The van der Waals surface area contributed by atoms with E-state index < -0.39 is 22.7 Å². The van der Waals surface area contributed by atoms with Crippen LogP contribution in [0.4, 0.5) is 13.2 Å². The number of aromatic nitrogens is 2. The SMILES string of the molecule is C[C@]12Cc3cnn(-c4ccc(F)cc4)c3C=C1CC[C@@]2(O)CCc1cccc(F)c1F. The molecule has 6 heteroatoms. The molecule has 0 aliphatic heterocycles. The third kappa shape index (κ3) is 3.12. The Balaban J connectivity index is 1.44. The summed E-state index contributed by atoms with van der Waals surface area (Å²) in [4.78, 5) is 0. The van der Waals surface area contributed by atoms with Crippen molar-refractivity contribution >= 4 is 6.08 Å². The number of hydrogen-bond acceptors (Lipinski definition) is 2. The maximum Gasteiger partial charge on any atom is 0.162 e. The summed E-state index contributed by atoms with van der Waals surface area (Å²) in [6.45, 7) is 2.05. The molecule has 0 spiro atoms. The van der Waals surface area contributed by atoms with Crippen LogP contribution in [-0.4, -0.2) is 20.5 Å². The number of halogens is 3. The van der Waals surface area contributed by atoms with Gasteiger partial charge in [0.2, 0.25) is 0 Å². The number of rotatable bonds is 4. The maximum absolute atomic E-state index is 14.1. The number of aliphatic hydroxyl groups is 1. The molecule has 0 radical (unpaired) electrons. The highest BCUT2D eigenvalue weighted by Crippen LogP contribution is 2.56. The van der Waals surface area contributed by atoms with Gasteiger partial charge >= 0.3 is 0 Å². The van der Waals surface area contributed by atoms with Crippen molar-refractivity contribution in [2.75, 3.05) is 0 Å². The lowest BCUT2D eigenvalue weighted by atomic mass is 9.65. The van der Waals surface area contributed by atoms with Crippen LogP contribution in [0.3, 0.4) is 0 Å². The van der Waals surface area contributed by atoms with E-state index in [-0.39, 0.29) is 17.8 Å². The average Bonchev–Trinajstić information content (AvgIpc) is 3.26. The zero-order valence-electron chi connectivity index (χ0n) is 17.2. The van der Waals surface area contributed by atoms with E-state index in [0.717, 1.165) is 35.0 Å². The Kier molecular flexibility index (Phi) is 4.59. The molecule has 1 heterocycles. The van der Waals surface area contributed by atoms with Gasteiger partial charge in [0.1, 0.15) is 5.82 Å². The van der Waals surface area contributed by atoms with Crippen LogP contribution in [0.15, 0.2) is 54.2 Å². The van der Waals surface area contributed by atoms with Gasteiger partial charge in [0.05, 0.1) is 23.2 Å². The Labute approximate surface area is 178 Å². The van der Waals surface area contributed by atoms with E-state index >= 15 is 0 Å². The number of nitrogens with zero attached hydrogens (tertiary/aromatic N) is 2.